The molecular formula is C13H18N6O. The molecule has 2 aromatic heterocycles. The average Bonchev–Trinajstić information content (AvgIpc) is 2.84. The molecule has 0 aliphatic heterocycles. The predicted octanol–water partition coefficient (Wildman–Crippen LogP) is 0.566. The first kappa shape index (κ1) is 14.0. The third kappa shape index (κ3) is 3.31. The van der Waals surface area contributed by atoms with E-state index < -0.39 is 0 Å². The van der Waals surface area contributed by atoms with Gasteiger partial charge in [0.1, 0.15) is 17.8 Å². The number of carbonyl (C=O) groups is 1. The first-order chi connectivity index (χ1) is 9.58. The molecule has 0 atom stereocenters. The van der Waals surface area contributed by atoms with Crippen molar-refractivity contribution >= 4 is 11.6 Å². The van der Waals surface area contributed by atoms with Crippen molar-refractivity contribution in [1.29, 1.82) is 0 Å². The van der Waals surface area contributed by atoms with Crippen LogP contribution in [0.2, 0.25) is 0 Å². The van der Waals surface area contributed by atoms with Gasteiger partial charge in [-0.3, -0.25) is 9.78 Å². The number of hydrogen-bond donors (Lipinski definition) is 1. The molecule has 0 aliphatic carbocycles. The fourth-order valence-electron chi connectivity index (χ4n) is 1.74. The summed E-state index contributed by atoms with van der Waals surface area (Å²) in [5.74, 6) is 0.804. The first-order valence-electron chi connectivity index (χ1n) is 6.32. The Bertz CT molecular complexity index is 592. The Hall–Kier alpha value is -2.44. The summed E-state index contributed by atoms with van der Waals surface area (Å²) in [5.41, 5.74) is 1.30. The summed E-state index contributed by atoms with van der Waals surface area (Å²) in [6.45, 7) is 0.714. The number of anilines is 1. The SMILES string of the molecule is CN(C)C(=O)c1cc(NCCc2nncn2C)ccn1. The lowest BCUT2D eigenvalue weighted by molar-refractivity contribution is 0.0822. The van der Waals surface area contributed by atoms with Crippen molar-refractivity contribution in [2.24, 2.45) is 7.05 Å². The van der Waals surface area contributed by atoms with Gasteiger partial charge in [0.15, 0.2) is 0 Å². The molecule has 20 heavy (non-hydrogen) atoms. The Morgan fingerprint density at radius 3 is 2.90 bits per heavy atom. The highest BCUT2D eigenvalue weighted by atomic mass is 16.2. The average molecular weight is 274 g/mol. The molecule has 0 aromatic carbocycles. The summed E-state index contributed by atoms with van der Waals surface area (Å²) in [4.78, 5) is 17.4. The van der Waals surface area contributed by atoms with Crippen molar-refractivity contribution < 1.29 is 4.79 Å². The van der Waals surface area contributed by atoms with Crippen molar-refractivity contribution in [1.82, 2.24) is 24.6 Å². The minimum absolute atomic E-state index is 0.109. The molecule has 0 bridgehead atoms. The minimum atomic E-state index is -0.109. The fourth-order valence-corrected chi connectivity index (χ4v) is 1.74. The Balaban J connectivity index is 1.95. The minimum Gasteiger partial charge on any atom is -0.384 e. The molecule has 7 heteroatoms. The third-order valence-electron chi connectivity index (χ3n) is 2.87. The number of amides is 1. The van der Waals surface area contributed by atoms with E-state index in [1.165, 1.54) is 4.90 Å². The van der Waals surface area contributed by atoms with E-state index in [0.717, 1.165) is 17.9 Å². The molecule has 0 radical (unpaired) electrons. The molecule has 2 heterocycles. The van der Waals surface area contributed by atoms with Gasteiger partial charge < -0.3 is 14.8 Å². The van der Waals surface area contributed by atoms with Crippen LogP contribution in [0.5, 0.6) is 0 Å². The van der Waals surface area contributed by atoms with Crippen LogP contribution in [-0.4, -0.2) is 51.2 Å². The Morgan fingerprint density at radius 2 is 2.25 bits per heavy atom. The zero-order valence-corrected chi connectivity index (χ0v) is 11.9. The normalized spacial score (nSPS) is 10.3. The molecule has 0 spiro atoms. The molecule has 106 valence electrons. The zero-order valence-electron chi connectivity index (χ0n) is 11.9. The standard InChI is InChI=1S/C13H18N6O/c1-18(2)13(20)11-8-10(4-6-15-11)14-7-5-12-17-16-9-19(12)3/h4,6,8-9H,5,7H2,1-3H3,(H,14,15). The summed E-state index contributed by atoms with van der Waals surface area (Å²) in [6, 6.07) is 3.59. The van der Waals surface area contributed by atoms with Gasteiger partial charge >= 0.3 is 0 Å². The molecule has 2 rings (SSSR count). The molecule has 0 fully saturated rings. The molecular weight excluding hydrogens is 256 g/mol. The number of hydrogen-bond acceptors (Lipinski definition) is 5. The van der Waals surface area contributed by atoms with E-state index in [0.29, 0.717) is 12.2 Å². The molecule has 2 aromatic rings. The number of aryl methyl sites for hydroxylation is 1. The lowest BCUT2D eigenvalue weighted by atomic mass is 10.3. The molecule has 0 unspecified atom stereocenters. The van der Waals surface area contributed by atoms with Crippen molar-refractivity contribution in [3.05, 3.63) is 36.2 Å². The van der Waals surface area contributed by atoms with Gasteiger partial charge in [-0.1, -0.05) is 0 Å². The highest BCUT2D eigenvalue weighted by Gasteiger charge is 2.09. The van der Waals surface area contributed by atoms with Crippen molar-refractivity contribution in [2.45, 2.75) is 6.42 Å². The van der Waals surface area contributed by atoms with Gasteiger partial charge in [-0.05, 0) is 12.1 Å². The Kier molecular flexibility index (Phi) is 4.29. The van der Waals surface area contributed by atoms with E-state index in [1.807, 2.05) is 17.7 Å². The molecule has 0 saturated heterocycles. The molecule has 1 N–H and O–H groups in total. The number of aromatic nitrogens is 4. The van der Waals surface area contributed by atoms with Crippen molar-refractivity contribution in [2.75, 3.05) is 26.0 Å². The van der Waals surface area contributed by atoms with E-state index in [9.17, 15) is 4.79 Å². The molecule has 0 aliphatic rings. The van der Waals surface area contributed by atoms with E-state index in [4.69, 9.17) is 0 Å². The topological polar surface area (TPSA) is 75.9 Å². The Morgan fingerprint density at radius 1 is 1.45 bits per heavy atom. The highest BCUT2D eigenvalue weighted by molar-refractivity contribution is 5.92. The summed E-state index contributed by atoms with van der Waals surface area (Å²) in [6.07, 6.45) is 4.06. The van der Waals surface area contributed by atoms with Gasteiger partial charge in [-0.15, -0.1) is 10.2 Å². The zero-order chi connectivity index (χ0) is 14.5. The monoisotopic (exact) mass is 274 g/mol. The largest absolute Gasteiger partial charge is 0.384 e. The van der Waals surface area contributed by atoms with Crippen LogP contribution in [0, 0.1) is 0 Å². The second kappa shape index (κ2) is 6.14. The van der Waals surface area contributed by atoms with Crippen LogP contribution >= 0.6 is 0 Å². The summed E-state index contributed by atoms with van der Waals surface area (Å²) in [7, 11) is 5.33. The maximum Gasteiger partial charge on any atom is 0.272 e. The maximum atomic E-state index is 11.8. The van der Waals surface area contributed by atoms with Gasteiger partial charge in [0.2, 0.25) is 0 Å². The summed E-state index contributed by atoms with van der Waals surface area (Å²) >= 11 is 0. The van der Waals surface area contributed by atoms with E-state index >= 15 is 0 Å². The highest BCUT2D eigenvalue weighted by Crippen LogP contribution is 2.09. The van der Waals surface area contributed by atoms with Gasteiger partial charge in [0, 0.05) is 46.0 Å². The first-order valence-corrected chi connectivity index (χ1v) is 6.32. The van der Waals surface area contributed by atoms with Crippen LogP contribution < -0.4 is 5.32 Å². The number of nitrogens with zero attached hydrogens (tertiary/aromatic N) is 5. The maximum absolute atomic E-state index is 11.8. The van der Waals surface area contributed by atoms with E-state index in [-0.39, 0.29) is 5.91 Å². The number of carbonyl (C=O) groups excluding carboxylic acids is 1. The van der Waals surface area contributed by atoms with Crippen LogP contribution in [-0.2, 0) is 13.5 Å². The summed E-state index contributed by atoms with van der Waals surface area (Å²) < 4.78 is 1.88. The van der Waals surface area contributed by atoms with Crippen LogP contribution in [0.1, 0.15) is 16.3 Å². The van der Waals surface area contributed by atoms with Gasteiger partial charge in [0.05, 0.1) is 0 Å². The molecule has 0 saturated carbocycles. The van der Waals surface area contributed by atoms with Crippen molar-refractivity contribution in [3.63, 3.8) is 0 Å². The number of nitrogens with one attached hydrogen (secondary N) is 1. The van der Waals surface area contributed by atoms with Gasteiger partial charge in [-0.25, -0.2) is 0 Å². The van der Waals surface area contributed by atoms with Crippen LogP contribution in [0.25, 0.3) is 0 Å². The summed E-state index contributed by atoms with van der Waals surface area (Å²) in [5, 5.41) is 11.1. The second-order valence-electron chi connectivity index (χ2n) is 4.66. The fraction of sp³-hybridized carbons (Fsp3) is 0.385. The van der Waals surface area contributed by atoms with Crippen LogP contribution in [0.4, 0.5) is 5.69 Å². The third-order valence-corrected chi connectivity index (χ3v) is 2.87. The quantitative estimate of drug-likeness (QED) is 0.862. The molecule has 1 amide bonds. The van der Waals surface area contributed by atoms with E-state index in [1.54, 1.807) is 32.7 Å². The van der Waals surface area contributed by atoms with Gasteiger partial charge in [0.25, 0.3) is 5.91 Å². The lowest BCUT2D eigenvalue weighted by Gasteiger charge is -2.11. The van der Waals surface area contributed by atoms with Crippen LogP contribution in [0.3, 0.4) is 0 Å². The predicted molar refractivity (Wildman–Crippen MR) is 75.5 cm³/mol. The smallest absolute Gasteiger partial charge is 0.272 e. The Labute approximate surface area is 117 Å². The molecule has 7 nitrogen and oxygen atoms in total. The van der Waals surface area contributed by atoms with E-state index in [2.05, 4.69) is 20.5 Å². The number of pyridine rings is 1. The number of rotatable bonds is 5. The van der Waals surface area contributed by atoms with Gasteiger partial charge in [-0.2, -0.15) is 0 Å². The second-order valence-corrected chi connectivity index (χ2v) is 4.66. The lowest BCUT2D eigenvalue weighted by Crippen LogP contribution is -2.22. The van der Waals surface area contributed by atoms with Crippen LogP contribution in [0.15, 0.2) is 24.7 Å². The van der Waals surface area contributed by atoms with Crippen molar-refractivity contribution in [3.8, 4) is 0 Å².